The lowest BCUT2D eigenvalue weighted by Gasteiger charge is -2.36. The molecule has 1 saturated heterocycles. The van der Waals surface area contributed by atoms with Crippen LogP contribution in [0.3, 0.4) is 0 Å². The monoisotopic (exact) mass is 429 g/mol. The molecule has 0 atom stereocenters. The van der Waals surface area contributed by atoms with Crippen LogP contribution in [-0.2, 0) is 6.54 Å². The number of nitrogens with zero attached hydrogens (tertiary/aromatic N) is 3. The van der Waals surface area contributed by atoms with Crippen LogP contribution in [0.1, 0.15) is 17.3 Å². The van der Waals surface area contributed by atoms with Crippen LogP contribution in [-0.4, -0.2) is 41.6 Å². The Morgan fingerprint density at radius 3 is 2.41 bits per heavy atom. The van der Waals surface area contributed by atoms with E-state index in [1.807, 2.05) is 41.8 Å². The fourth-order valence-corrected chi connectivity index (χ4v) is 4.15. The van der Waals surface area contributed by atoms with Crippen LogP contribution >= 0.6 is 23.2 Å². The van der Waals surface area contributed by atoms with E-state index in [4.69, 9.17) is 23.2 Å². The summed E-state index contributed by atoms with van der Waals surface area (Å²) in [6.45, 7) is 5.10. The van der Waals surface area contributed by atoms with Gasteiger partial charge in [-0.3, -0.25) is 9.59 Å². The summed E-state index contributed by atoms with van der Waals surface area (Å²) >= 11 is 12.2. The highest BCUT2D eigenvalue weighted by Gasteiger charge is 2.25. The Morgan fingerprint density at radius 1 is 1.00 bits per heavy atom. The fraction of sp³-hybridized carbons (Fsp3) is 0.273. The van der Waals surface area contributed by atoms with Crippen molar-refractivity contribution in [2.45, 2.75) is 13.5 Å². The molecule has 0 bridgehead atoms. The standard InChI is InChI=1S/C22H21Cl2N3O2/c1-2-25-14-19(21(28)18-13-16(24)6-7-20(18)25)22(29)27-10-8-26(9-11-27)17-5-3-4-15(23)12-17/h3-7,12-14H,2,8-11H2,1H3. The van der Waals surface area contributed by atoms with Crippen LogP contribution in [0, 0.1) is 0 Å². The highest BCUT2D eigenvalue weighted by Crippen LogP contribution is 2.22. The zero-order valence-corrected chi connectivity index (χ0v) is 17.6. The van der Waals surface area contributed by atoms with Crippen molar-refractivity contribution in [2.75, 3.05) is 31.1 Å². The van der Waals surface area contributed by atoms with Gasteiger partial charge in [-0.1, -0.05) is 29.3 Å². The van der Waals surface area contributed by atoms with Crippen molar-refractivity contribution in [1.82, 2.24) is 9.47 Å². The van der Waals surface area contributed by atoms with Crippen molar-refractivity contribution in [3.05, 3.63) is 74.5 Å². The van der Waals surface area contributed by atoms with E-state index in [1.165, 1.54) is 0 Å². The van der Waals surface area contributed by atoms with Gasteiger partial charge < -0.3 is 14.4 Å². The number of carbonyl (C=O) groups is 1. The van der Waals surface area contributed by atoms with Gasteiger partial charge >= 0.3 is 0 Å². The molecule has 1 fully saturated rings. The van der Waals surface area contributed by atoms with Gasteiger partial charge in [0.15, 0.2) is 0 Å². The Bertz CT molecular complexity index is 1130. The molecule has 1 aromatic heterocycles. The molecule has 1 aliphatic heterocycles. The Kier molecular flexibility index (Phi) is 5.52. The zero-order chi connectivity index (χ0) is 20.5. The van der Waals surface area contributed by atoms with E-state index in [9.17, 15) is 9.59 Å². The molecular formula is C22H21Cl2N3O2. The number of amides is 1. The first-order valence-corrected chi connectivity index (χ1v) is 10.4. The van der Waals surface area contributed by atoms with E-state index < -0.39 is 0 Å². The van der Waals surface area contributed by atoms with E-state index in [0.717, 1.165) is 11.2 Å². The molecule has 0 aliphatic carbocycles. The minimum absolute atomic E-state index is 0.192. The summed E-state index contributed by atoms with van der Waals surface area (Å²) in [6.07, 6.45) is 1.67. The molecule has 0 saturated carbocycles. The molecule has 29 heavy (non-hydrogen) atoms. The second kappa shape index (κ2) is 8.09. The van der Waals surface area contributed by atoms with Crippen molar-refractivity contribution in [3.63, 3.8) is 0 Å². The number of rotatable bonds is 3. The zero-order valence-electron chi connectivity index (χ0n) is 16.1. The second-order valence-corrected chi connectivity index (χ2v) is 7.95. The number of carbonyl (C=O) groups excluding carboxylic acids is 1. The van der Waals surface area contributed by atoms with Crippen LogP contribution in [0.5, 0.6) is 0 Å². The SMILES string of the molecule is CCn1cc(C(=O)N2CCN(c3cccc(Cl)c3)CC2)c(=O)c2cc(Cl)ccc21. The van der Waals surface area contributed by atoms with Gasteiger partial charge in [-0.15, -0.1) is 0 Å². The Balaban J connectivity index is 1.60. The van der Waals surface area contributed by atoms with Crippen LogP contribution in [0.4, 0.5) is 5.69 Å². The number of fused-ring (bicyclic) bond motifs is 1. The molecule has 0 unspecified atom stereocenters. The van der Waals surface area contributed by atoms with Gasteiger partial charge in [0.05, 0.1) is 5.52 Å². The van der Waals surface area contributed by atoms with Crippen LogP contribution in [0.15, 0.2) is 53.5 Å². The highest BCUT2D eigenvalue weighted by atomic mass is 35.5. The summed E-state index contributed by atoms with van der Waals surface area (Å²) in [5.41, 5.74) is 1.75. The molecule has 7 heteroatoms. The number of pyridine rings is 1. The minimum Gasteiger partial charge on any atom is -0.368 e. The van der Waals surface area contributed by atoms with Gasteiger partial charge in [0, 0.05) is 60.0 Å². The third kappa shape index (κ3) is 3.85. The Morgan fingerprint density at radius 2 is 1.72 bits per heavy atom. The van der Waals surface area contributed by atoms with Crippen molar-refractivity contribution >= 4 is 45.7 Å². The van der Waals surface area contributed by atoms with Crippen molar-refractivity contribution < 1.29 is 4.79 Å². The number of piperazine rings is 1. The molecule has 5 nitrogen and oxygen atoms in total. The maximum atomic E-state index is 13.2. The average Bonchev–Trinajstić information content (AvgIpc) is 2.74. The van der Waals surface area contributed by atoms with E-state index in [0.29, 0.717) is 48.2 Å². The third-order valence-corrected chi connectivity index (χ3v) is 5.82. The number of aryl methyl sites for hydroxylation is 1. The molecule has 150 valence electrons. The average molecular weight is 430 g/mol. The van der Waals surface area contributed by atoms with E-state index >= 15 is 0 Å². The van der Waals surface area contributed by atoms with E-state index in [1.54, 1.807) is 23.2 Å². The quantitative estimate of drug-likeness (QED) is 0.623. The first-order chi connectivity index (χ1) is 14.0. The fourth-order valence-electron chi connectivity index (χ4n) is 3.79. The molecule has 2 aromatic carbocycles. The Hall–Kier alpha value is -2.50. The molecule has 1 amide bonds. The summed E-state index contributed by atoms with van der Waals surface area (Å²) in [6, 6.07) is 12.9. The normalized spacial score (nSPS) is 14.4. The van der Waals surface area contributed by atoms with Crippen molar-refractivity contribution in [2.24, 2.45) is 0 Å². The summed E-state index contributed by atoms with van der Waals surface area (Å²) < 4.78 is 1.92. The predicted molar refractivity (Wildman–Crippen MR) is 118 cm³/mol. The summed E-state index contributed by atoms with van der Waals surface area (Å²) in [4.78, 5) is 30.1. The number of anilines is 1. The van der Waals surface area contributed by atoms with Crippen LogP contribution in [0.2, 0.25) is 10.0 Å². The molecule has 0 spiro atoms. The highest BCUT2D eigenvalue weighted by molar-refractivity contribution is 6.31. The maximum absolute atomic E-state index is 13.2. The number of benzene rings is 2. The van der Waals surface area contributed by atoms with Gasteiger partial charge in [0.2, 0.25) is 5.43 Å². The summed E-state index contributed by atoms with van der Waals surface area (Å²) in [7, 11) is 0. The molecule has 0 N–H and O–H groups in total. The first-order valence-electron chi connectivity index (χ1n) is 9.60. The van der Waals surface area contributed by atoms with Crippen LogP contribution in [0.25, 0.3) is 10.9 Å². The molecule has 1 aliphatic rings. The number of hydrogen-bond acceptors (Lipinski definition) is 3. The van der Waals surface area contributed by atoms with Gasteiger partial charge in [-0.2, -0.15) is 0 Å². The molecular weight excluding hydrogens is 409 g/mol. The second-order valence-electron chi connectivity index (χ2n) is 7.08. The first kappa shape index (κ1) is 19.8. The van der Waals surface area contributed by atoms with Crippen LogP contribution < -0.4 is 10.3 Å². The lowest BCUT2D eigenvalue weighted by Crippen LogP contribution is -2.49. The summed E-state index contributed by atoms with van der Waals surface area (Å²) in [5.74, 6) is -0.232. The number of halogens is 2. The number of aromatic nitrogens is 1. The summed E-state index contributed by atoms with van der Waals surface area (Å²) in [5, 5.41) is 1.65. The largest absolute Gasteiger partial charge is 0.368 e. The molecule has 2 heterocycles. The molecule has 0 radical (unpaired) electrons. The van der Waals surface area contributed by atoms with E-state index in [2.05, 4.69) is 4.90 Å². The third-order valence-electron chi connectivity index (χ3n) is 5.35. The number of hydrogen-bond donors (Lipinski definition) is 0. The Labute approximate surface area is 179 Å². The van der Waals surface area contributed by atoms with Gasteiger partial charge in [0.1, 0.15) is 5.56 Å². The topological polar surface area (TPSA) is 45.6 Å². The molecule has 3 aromatic rings. The maximum Gasteiger partial charge on any atom is 0.259 e. The lowest BCUT2D eigenvalue weighted by molar-refractivity contribution is 0.0745. The van der Waals surface area contributed by atoms with Gasteiger partial charge in [0.25, 0.3) is 5.91 Å². The van der Waals surface area contributed by atoms with Crippen molar-refractivity contribution in [3.8, 4) is 0 Å². The smallest absolute Gasteiger partial charge is 0.259 e. The minimum atomic E-state index is -0.269. The van der Waals surface area contributed by atoms with Gasteiger partial charge in [-0.25, -0.2) is 0 Å². The van der Waals surface area contributed by atoms with Gasteiger partial charge in [-0.05, 0) is 43.3 Å². The van der Waals surface area contributed by atoms with E-state index in [-0.39, 0.29) is 16.9 Å². The predicted octanol–water partition coefficient (Wildman–Crippen LogP) is 4.29. The molecule has 4 rings (SSSR count). The van der Waals surface area contributed by atoms with Crippen molar-refractivity contribution in [1.29, 1.82) is 0 Å². The lowest BCUT2D eigenvalue weighted by atomic mass is 10.1.